The molecule has 0 spiro atoms. The standard InChI is InChI=1S/C21H26N2O3/c1-5-26-21(25)17-11-12-19(23-15(17)4)20(24)22-13-18(14(2)3)16-9-7-6-8-10-16/h6-12,14,18H,5,13H2,1-4H3,(H,22,24). The first-order chi connectivity index (χ1) is 12.4. The van der Waals surface area contributed by atoms with Crippen LogP contribution in [0.25, 0.3) is 0 Å². The summed E-state index contributed by atoms with van der Waals surface area (Å²) in [4.78, 5) is 28.6. The van der Waals surface area contributed by atoms with Crippen LogP contribution < -0.4 is 5.32 Å². The van der Waals surface area contributed by atoms with Gasteiger partial charge in [-0.1, -0.05) is 44.2 Å². The second-order valence-electron chi connectivity index (χ2n) is 6.52. The van der Waals surface area contributed by atoms with Crippen molar-refractivity contribution in [1.29, 1.82) is 0 Å². The van der Waals surface area contributed by atoms with Crippen LogP contribution in [0.4, 0.5) is 0 Å². The molecule has 0 saturated heterocycles. The van der Waals surface area contributed by atoms with Gasteiger partial charge in [0.25, 0.3) is 5.91 Å². The molecule has 0 aliphatic heterocycles. The van der Waals surface area contributed by atoms with Crippen molar-refractivity contribution >= 4 is 11.9 Å². The summed E-state index contributed by atoms with van der Waals surface area (Å²) in [7, 11) is 0. The Hall–Kier alpha value is -2.69. The Balaban J connectivity index is 2.07. The van der Waals surface area contributed by atoms with Crippen molar-refractivity contribution in [2.24, 2.45) is 5.92 Å². The number of carbonyl (C=O) groups excluding carboxylic acids is 2. The van der Waals surface area contributed by atoms with Gasteiger partial charge in [0, 0.05) is 12.5 Å². The van der Waals surface area contributed by atoms with Crippen molar-refractivity contribution < 1.29 is 14.3 Å². The normalized spacial score (nSPS) is 11.9. The molecular weight excluding hydrogens is 328 g/mol. The lowest BCUT2D eigenvalue weighted by atomic mass is 9.88. The Labute approximate surface area is 154 Å². The number of aromatic nitrogens is 1. The molecule has 0 bridgehead atoms. The van der Waals surface area contributed by atoms with Crippen molar-refractivity contribution in [2.75, 3.05) is 13.2 Å². The van der Waals surface area contributed by atoms with Crippen LogP contribution in [0.15, 0.2) is 42.5 Å². The van der Waals surface area contributed by atoms with Gasteiger partial charge in [0.05, 0.1) is 17.9 Å². The zero-order valence-corrected chi connectivity index (χ0v) is 15.8. The van der Waals surface area contributed by atoms with Gasteiger partial charge in [-0.25, -0.2) is 9.78 Å². The molecule has 138 valence electrons. The minimum absolute atomic E-state index is 0.222. The molecule has 1 aromatic heterocycles. The maximum Gasteiger partial charge on any atom is 0.339 e. The number of esters is 1. The number of nitrogens with one attached hydrogen (secondary N) is 1. The van der Waals surface area contributed by atoms with E-state index in [0.717, 1.165) is 0 Å². The Morgan fingerprint density at radius 2 is 1.81 bits per heavy atom. The number of amides is 1. The van der Waals surface area contributed by atoms with E-state index >= 15 is 0 Å². The van der Waals surface area contributed by atoms with E-state index in [1.807, 2.05) is 18.2 Å². The van der Waals surface area contributed by atoms with Gasteiger partial charge in [-0.15, -0.1) is 0 Å². The molecule has 5 nitrogen and oxygen atoms in total. The van der Waals surface area contributed by atoms with Crippen LogP contribution in [0, 0.1) is 12.8 Å². The smallest absolute Gasteiger partial charge is 0.339 e. The number of hydrogen-bond donors (Lipinski definition) is 1. The zero-order chi connectivity index (χ0) is 19.1. The van der Waals surface area contributed by atoms with Crippen LogP contribution in [0.3, 0.4) is 0 Å². The quantitative estimate of drug-likeness (QED) is 0.769. The van der Waals surface area contributed by atoms with Crippen LogP contribution in [-0.2, 0) is 4.74 Å². The lowest BCUT2D eigenvalue weighted by Crippen LogP contribution is -2.31. The minimum Gasteiger partial charge on any atom is -0.462 e. The summed E-state index contributed by atoms with van der Waals surface area (Å²) in [6.45, 7) is 8.56. The molecule has 0 aliphatic rings. The Bertz CT molecular complexity index is 757. The number of rotatable bonds is 7. The largest absolute Gasteiger partial charge is 0.462 e. The number of carbonyl (C=O) groups is 2. The number of aryl methyl sites for hydroxylation is 1. The van der Waals surface area contributed by atoms with Crippen LogP contribution in [-0.4, -0.2) is 30.0 Å². The van der Waals surface area contributed by atoms with Crippen molar-refractivity contribution in [3.63, 3.8) is 0 Å². The first-order valence-electron chi connectivity index (χ1n) is 8.92. The molecule has 1 amide bonds. The van der Waals surface area contributed by atoms with Crippen molar-refractivity contribution in [3.05, 3.63) is 65.0 Å². The lowest BCUT2D eigenvalue weighted by Gasteiger charge is -2.21. The highest BCUT2D eigenvalue weighted by molar-refractivity contribution is 5.95. The van der Waals surface area contributed by atoms with Crippen molar-refractivity contribution in [2.45, 2.75) is 33.6 Å². The summed E-state index contributed by atoms with van der Waals surface area (Å²) in [6, 6.07) is 13.3. The predicted octanol–water partition coefficient (Wildman–Crippen LogP) is 3.74. The third-order valence-electron chi connectivity index (χ3n) is 4.33. The number of benzene rings is 1. The van der Waals surface area contributed by atoms with E-state index in [0.29, 0.717) is 36.0 Å². The molecule has 26 heavy (non-hydrogen) atoms. The van der Waals surface area contributed by atoms with Crippen molar-refractivity contribution in [3.8, 4) is 0 Å². The summed E-state index contributed by atoms with van der Waals surface area (Å²) >= 11 is 0. The average molecular weight is 354 g/mol. The average Bonchev–Trinajstić information content (AvgIpc) is 2.62. The fourth-order valence-corrected chi connectivity index (χ4v) is 2.84. The van der Waals surface area contributed by atoms with Gasteiger partial charge in [-0.05, 0) is 37.5 Å². The molecule has 0 aliphatic carbocycles. The molecule has 1 atom stereocenters. The SMILES string of the molecule is CCOC(=O)c1ccc(C(=O)NCC(c2ccccc2)C(C)C)nc1C. The third-order valence-corrected chi connectivity index (χ3v) is 4.33. The van der Waals surface area contributed by atoms with Gasteiger partial charge < -0.3 is 10.1 Å². The molecular formula is C21H26N2O3. The second-order valence-corrected chi connectivity index (χ2v) is 6.52. The number of nitrogens with zero attached hydrogens (tertiary/aromatic N) is 1. The maximum absolute atomic E-state index is 12.5. The molecule has 1 unspecified atom stereocenters. The number of ether oxygens (including phenoxy) is 1. The summed E-state index contributed by atoms with van der Waals surface area (Å²) in [5, 5.41) is 2.96. The van der Waals surface area contributed by atoms with Gasteiger partial charge in [-0.2, -0.15) is 0 Å². The van der Waals surface area contributed by atoms with Gasteiger partial charge in [0.15, 0.2) is 0 Å². The zero-order valence-electron chi connectivity index (χ0n) is 15.8. The maximum atomic E-state index is 12.5. The van der Waals surface area contributed by atoms with E-state index in [1.165, 1.54) is 5.56 Å². The van der Waals surface area contributed by atoms with E-state index in [2.05, 4.69) is 36.3 Å². The van der Waals surface area contributed by atoms with Gasteiger partial charge in [0.2, 0.25) is 0 Å². The first-order valence-corrected chi connectivity index (χ1v) is 8.92. The Morgan fingerprint density at radius 3 is 2.38 bits per heavy atom. The van der Waals surface area contributed by atoms with Crippen LogP contribution in [0.1, 0.15) is 58.8 Å². The highest BCUT2D eigenvalue weighted by Crippen LogP contribution is 2.23. The summed E-state index contributed by atoms with van der Waals surface area (Å²) < 4.78 is 4.98. The molecule has 0 saturated carbocycles. The van der Waals surface area contributed by atoms with Gasteiger partial charge in [0.1, 0.15) is 5.69 Å². The molecule has 2 rings (SSSR count). The molecule has 2 aromatic rings. The third kappa shape index (κ3) is 4.91. The first kappa shape index (κ1) is 19.6. The summed E-state index contributed by atoms with van der Waals surface area (Å²) in [5.41, 5.74) is 2.36. The molecule has 0 radical (unpaired) electrons. The van der Waals surface area contributed by atoms with E-state index in [9.17, 15) is 9.59 Å². The molecule has 5 heteroatoms. The van der Waals surface area contributed by atoms with Crippen molar-refractivity contribution in [1.82, 2.24) is 10.3 Å². The highest BCUT2D eigenvalue weighted by Gasteiger charge is 2.19. The van der Waals surface area contributed by atoms with E-state index in [4.69, 9.17) is 4.74 Å². The molecule has 0 fully saturated rings. The second kappa shape index (κ2) is 9.13. The molecule has 1 aromatic carbocycles. The highest BCUT2D eigenvalue weighted by atomic mass is 16.5. The number of hydrogen-bond acceptors (Lipinski definition) is 4. The van der Waals surface area contributed by atoms with E-state index in [-0.39, 0.29) is 11.8 Å². The topological polar surface area (TPSA) is 68.3 Å². The Kier molecular flexibility index (Phi) is 6.89. The minimum atomic E-state index is -0.423. The van der Waals surface area contributed by atoms with Crippen LogP contribution >= 0.6 is 0 Å². The van der Waals surface area contributed by atoms with Gasteiger partial charge >= 0.3 is 5.97 Å². The fraction of sp³-hybridized carbons (Fsp3) is 0.381. The monoisotopic (exact) mass is 354 g/mol. The fourth-order valence-electron chi connectivity index (χ4n) is 2.84. The van der Waals surface area contributed by atoms with E-state index in [1.54, 1.807) is 26.0 Å². The lowest BCUT2D eigenvalue weighted by molar-refractivity contribution is 0.0524. The van der Waals surface area contributed by atoms with E-state index < -0.39 is 5.97 Å². The predicted molar refractivity (Wildman–Crippen MR) is 101 cm³/mol. The Morgan fingerprint density at radius 1 is 1.12 bits per heavy atom. The van der Waals surface area contributed by atoms with Crippen LogP contribution in [0.2, 0.25) is 0 Å². The molecule has 1 N–H and O–H groups in total. The number of pyridine rings is 1. The molecule has 1 heterocycles. The summed E-state index contributed by atoms with van der Waals surface area (Å²) in [6.07, 6.45) is 0. The summed E-state index contributed by atoms with van der Waals surface area (Å²) in [5.74, 6) is -0.0582. The van der Waals surface area contributed by atoms with Gasteiger partial charge in [-0.3, -0.25) is 4.79 Å². The van der Waals surface area contributed by atoms with Crippen LogP contribution in [0.5, 0.6) is 0 Å².